The van der Waals surface area contributed by atoms with Crippen molar-refractivity contribution in [3.8, 4) is 0 Å². The van der Waals surface area contributed by atoms with E-state index in [1.165, 1.54) is 18.4 Å². The van der Waals surface area contributed by atoms with E-state index in [1.54, 1.807) is 0 Å². The fourth-order valence-corrected chi connectivity index (χ4v) is 4.36. The lowest BCUT2D eigenvalue weighted by atomic mass is 9.92. The predicted molar refractivity (Wildman–Crippen MR) is 83.0 cm³/mol. The average molecular weight is 323 g/mol. The number of ether oxygens (including phenoxy) is 2. The van der Waals surface area contributed by atoms with Crippen LogP contribution >= 0.6 is 11.3 Å². The van der Waals surface area contributed by atoms with Gasteiger partial charge in [0.25, 0.3) is 5.91 Å². The summed E-state index contributed by atoms with van der Waals surface area (Å²) in [5.74, 6) is -0.287. The smallest absolute Gasteiger partial charge is 0.335 e. The van der Waals surface area contributed by atoms with E-state index in [0.29, 0.717) is 6.42 Å². The van der Waals surface area contributed by atoms with Crippen LogP contribution in [-0.4, -0.2) is 48.2 Å². The summed E-state index contributed by atoms with van der Waals surface area (Å²) in [5, 5.41) is 1.94. The Hall–Kier alpha value is -1.40. The minimum Gasteiger partial charge on any atom is -0.467 e. The van der Waals surface area contributed by atoms with Gasteiger partial charge in [0.2, 0.25) is 0 Å². The number of carbonyl (C=O) groups excluding carboxylic acids is 2. The summed E-state index contributed by atoms with van der Waals surface area (Å²) in [6, 6.07) is 2.09. The number of likely N-dealkylation sites (tertiary alicyclic amines) is 1. The van der Waals surface area contributed by atoms with E-state index < -0.39 is 6.10 Å². The molecule has 6 heteroatoms. The zero-order valence-corrected chi connectivity index (χ0v) is 13.9. The second kappa shape index (κ2) is 6.01. The van der Waals surface area contributed by atoms with Crippen molar-refractivity contribution < 1.29 is 19.1 Å². The highest BCUT2D eigenvalue weighted by molar-refractivity contribution is 7.12. The van der Waals surface area contributed by atoms with Crippen LogP contribution < -0.4 is 0 Å². The molecule has 0 saturated carbocycles. The fourth-order valence-electron chi connectivity index (χ4n) is 3.50. The number of carbonyl (C=O) groups is 2. The van der Waals surface area contributed by atoms with Crippen LogP contribution in [0.4, 0.5) is 0 Å². The van der Waals surface area contributed by atoms with Crippen LogP contribution in [0.5, 0.6) is 0 Å². The quantitative estimate of drug-likeness (QED) is 0.784. The van der Waals surface area contributed by atoms with Gasteiger partial charge in [-0.2, -0.15) is 0 Å². The highest BCUT2D eigenvalue weighted by atomic mass is 32.1. The first-order valence-electron chi connectivity index (χ1n) is 7.63. The van der Waals surface area contributed by atoms with E-state index >= 15 is 0 Å². The van der Waals surface area contributed by atoms with Gasteiger partial charge >= 0.3 is 5.97 Å². The number of amides is 1. The summed E-state index contributed by atoms with van der Waals surface area (Å²) < 4.78 is 10.6. The largest absolute Gasteiger partial charge is 0.467 e. The molecule has 4 atom stereocenters. The molecule has 0 aliphatic carbocycles. The Morgan fingerprint density at radius 3 is 2.82 bits per heavy atom. The summed E-state index contributed by atoms with van der Waals surface area (Å²) in [6.45, 7) is 4.03. The molecule has 5 nitrogen and oxygen atoms in total. The van der Waals surface area contributed by atoms with Gasteiger partial charge in [0.1, 0.15) is 0 Å². The number of aryl methyl sites for hydroxylation is 1. The van der Waals surface area contributed by atoms with Crippen molar-refractivity contribution in [3.63, 3.8) is 0 Å². The minimum absolute atomic E-state index is 0.0400. The van der Waals surface area contributed by atoms with Gasteiger partial charge in [-0.05, 0) is 43.7 Å². The molecule has 0 spiro atoms. The fraction of sp³-hybridized carbons (Fsp3) is 0.625. The Labute approximate surface area is 134 Å². The molecule has 2 fully saturated rings. The molecule has 0 bridgehead atoms. The second-order valence-electron chi connectivity index (χ2n) is 6.06. The second-order valence-corrected chi connectivity index (χ2v) is 6.98. The molecule has 1 aromatic heterocycles. The normalized spacial score (nSPS) is 31.0. The Kier molecular flexibility index (Phi) is 4.23. The van der Waals surface area contributed by atoms with Crippen LogP contribution in [0.3, 0.4) is 0 Å². The highest BCUT2D eigenvalue weighted by Crippen LogP contribution is 2.37. The van der Waals surface area contributed by atoms with E-state index in [2.05, 4.69) is 6.92 Å². The molecule has 0 unspecified atom stereocenters. The highest BCUT2D eigenvalue weighted by Gasteiger charge is 2.48. The van der Waals surface area contributed by atoms with Gasteiger partial charge in [-0.15, -0.1) is 11.3 Å². The molecule has 0 aromatic carbocycles. The lowest BCUT2D eigenvalue weighted by Crippen LogP contribution is -2.53. The van der Waals surface area contributed by atoms with E-state index in [1.807, 2.05) is 23.3 Å². The molecule has 2 saturated heterocycles. The van der Waals surface area contributed by atoms with Gasteiger partial charge in [0, 0.05) is 12.5 Å². The molecule has 0 N–H and O–H groups in total. The van der Waals surface area contributed by atoms with Crippen molar-refractivity contribution >= 4 is 23.2 Å². The van der Waals surface area contributed by atoms with Crippen LogP contribution in [0.2, 0.25) is 0 Å². The number of hydrogen-bond donors (Lipinski definition) is 0. The van der Waals surface area contributed by atoms with Crippen molar-refractivity contribution in [2.75, 3.05) is 7.11 Å². The summed E-state index contributed by atoms with van der Waals surface area (Å²) in [5.41, 5.74) is 1.01. The summed E-state index contributed by atoms with van der Waals surface area (Å²) in [6.07, 6.45) is 1.69. The van der Waals surface area contributed by atoms with Gasteiger partial charge in [-0.25, -0.2) is 4.79 Å². The Morgan fingerprint density at radius 2 is 2.18 bits per heavy atom. The standard InChI is InChI=1S/C16H21NO4S/c1-9-6-7-22-14(9)15(18)17-10(2)4-5-12-11(17)8-13(21-12)16(19)20-3/h6-7,10-13H,4-5,8H2,1-3H3/t10-,11+,12-,13-/m0/s1. The minimum atomic E-state index is -0.551. The van der Waals surface area contributed by atoms with Crippen molar-refractivity contribution in [3.05, 3.63) is 21.9 Å². The van der Waals surface area contributed by atoms with Crippen LogP contribution in [0.15, 0.2) is 11.4 Å². The van der Waals surface area contributed by atoms with Gasteiger partial charge in [0.05, 0.1) is 24.1 Å². The Bertz CT molecular complexity index is 584. The van der Waals surface area contributed by atoms with E-state index in [0.717, 1.165) is 23.3 Å². The maximum absolute atomic E-state index is 12.9. The maximum atomic E-state index is 12.9. The topological polar surface area (TPSA) is 55.8 Å². The third kappa shape index (κ3) is 2.54. The van der Waals surface area contributed by atoms with Crippen molar-refractivity contribution in [1.29, 1.82) is 0 Å². The summed E-state index contributed by atoms with van der Waals surface area (Å²) in [4.78, 5) is 27.4. The van der Waals surface area contributed by atoms with Gasteiger partial charge in [-0.1, -0.05) is 0 Å². The van der Waals surface area contributed by atoms with Crippen molar-refractivity contribution in [2.45, 2.75) is 57.4 Å². The first-order chi connectivity index (χ1) is 10.5. The molecule has 22 heavy (non-hydrogen) atoms. The maximum Gasteiger partial charge on any atom is 0.335 e. The van der Waals surface area contributed by atoms with Gasteiger partial charge in [-0.3, -0.25) is 4.79 Å². The first-order valence-corrected chi connectivity index (χ1v) is 8.51. The number of rotatable bonds is 2. The number of piperidine rings is 1. The number of fused-ring (bicyclic) bond motifs is 1. The predicted octanol–water partition coefficient (Wildman–Crippen LogP) is 2.38. The molecule has 3 heterocycles. The monoisotopic (exact) mass is 323 g/mol. The van der Waals surface area contributed by atoms with Crippen LogP contribution in [-0.2, 0) is 14.3 Å². The molecule has 120 valence electrons. The summed E-state index contributed by atoms with van der Waals surface area (Å²) in [7, 11) is 1.37. The van der Waals surface area contributed by atoms with Crippen LogP contribution in [0.1, 0.15) is 41.4 Å². The SMILES string of the molecule is COC(=O)[C@@H]1C[C@@H]2[C@H](CC[C@H](C)N2C(=O)c2sccc2C)O1. The zero-order valence-electron chi connectivity index (χ0n) is 13.1. The average Bonchev–Trinajstić information content (AvgIpc) is 3.11. The van der Waals surface area contributed by atoms with Crippen LogP contribution in [0, 0.1) is 6.92 Å². The van der Waals surface area contributed by atoms with Gasteiger partial charge < -0.3 is 14.4 Å². The Balaban J connectivity index is 1.84. The number of methoxy groups -OCH3 is 1. The first kappa shape index (κ1) is 15.5. The molecular weight excluding hydrogens is 302 g/mol. The molecule has 3 rings (SSSR count). The van der Waals surface area contributed by atoms with Crippen molar-refractivity contribution in [2.24, 2.45) is 0 Å². The number of nitrogens with zero attached hydrogens (tertiary/aromatic N) is 1. The third-order valence-corrected chi connectivity index (χ3v) is 5.68. The number of hydrogen-bond acceptors (Lipinski definition) is 5. The van der Waals surface area contributed by atoms with E-state index in [-0.39, 0.29) is 30.1 Å². The molecule has 2 aliphatic rings. The molecule has 0 radical (unpaired) electrons. The third-order valence-electron chi connectivity index (χ3n) is 4.68. The lowest BCUT2D eigenvalue weighted by Gasteiger charge is -2.41. The molecular formula is C16H21NO4S. The molecule has 1 aromatic rings. The molecule has 2 aliphatic heterocycles. The molecule has 1 amide bonds. The zero-order chi connectivity index (χ0) is 15.9. The number of esters is 1. The number of thiophene rings is 1. The summed E-state index contributed by atoms with van der Waals surface area (Å²) >= 11 is 1.48. The van der Waals surface area contributed by atoms with E-state index in [4.69, 9.17) is 9.47 Å². The van der Waals surface area contributed by atoms with E-state index in [9.17, 15) is 9.59 Å². The Morgan fingerprint density at radius 1 is 1.41 bits per heavy atom. The van der Waals surface area contributed by atoms with Gasteiger partial charge in [0.15, 0.2) is 6.10 Å². The lowest BCUT2D eigenvalue weighted by molar-refractivity contribution is -0.153. The van der Waals surface area contributed by atoms with Crippen molar-refractivity contribution in [1.82, 2.24) is 4.90 Å². The van der Waals surface area contributed by atoms with Crippen LogP contribution in [0.25, 0.3) is 0 Å².